The zero-order valence-corrected chi connectivity index (χ0v) is 18.7. The fourth-order valence-electron chi connectivity index (χ4n) is 3.21. The number of aromatic nitrogens is 1. The number of hydrogen-bond acceptors (Lipinski definition) is 5. The number of allylic oxidation sites excluding steroid dienone is 1. The maximum atomic E-state index is 13.1. The van der Waals surface area contributed by atoms with Crippen molar-refractivity contribution in [2.24, 2.45) is 4.99 Å². The van der Waals surface area contributed by atoms with Crippen LogP contribution in [0.2, 0.25) is 0 Å². The van der Waals surface area contributed by atoms with Crippen molar-refractivity contribution in [1.29, 1.82) is 0 Å². The number of fused-ring (bicyclic) bond motifs is 1. The predicted octanol–water partition coefficient (Wildman–Crippen LogP) is 4.77. The molecule has 2 aromatic carbocycles. The zero-order valence-electron chi connectivity index (χ0n) is 18.7. The Morgan fingerprint density at radius 2 is 2.00 bits per heavy atom. The second kappa shape index (κ2) is 11.4. The van der Waals surface area contributed by atoms with Gasteiger partial charge in [0.2, 0.25) is 0 Å². The van der Waals surface area contributed by atoms with E-state index in [-0.39, 0.29) is 17.6 Å². The molecule has 8 heteroatoms. The fourth-order valence-corrected chi connectivity index (χ4v) is 3.21. The van der Waals surface area contributed by atoms with Crippen LogP contribution >= 0.6 is 0 Å². The monoisotopic (exact) mass is 445 g/mol. The van der Waals surface area contributed by atoms with Crippen molar-refractivity contribution in [3.63, 3.8) is 0 Å². The van der Waals surface area contributed by atoms with E-state index in [4.69, 9.17) is 4.52 Å². The summed E-state index contributed by atoms with van der Waals surface area (Å²) in [5.74, 6) is -0.209. The lowest BCUT2D eigenvalue weighted by Gasteiger charge is -2.19. The smallest absolute Gasteiger partial charge is 0.319 e. The van der Waals surface area contributed by atoms with Gasteiger partial charge in [0.25, 0.3) is 5.91 Å². The van der Waals surface area contributed by atoms with Crippen LogP contribution in [0, 0.1) is 0 Å². The van der Waals surface area contributed by atoms with Gasteiger partial charge < -0.3 is 20.1 Å². The minimum absolute atomic E-state index is 0.209. The van der Waals surface area contributed by atoms with E-state index < -0.39 is 0 Å². The van der Waals surface area contributed by atoms with E-state index >= 15 is 0 Å². The van der Waals surface area contributed by atoms with Gasteiger partial charge in [-0.2, -0.15) is 0 Å². The molecule has 1 heterocycles. The van der Waals surface area contributed by atoms with Crippen molar-refractivity contribution in [2.45, 2.75) is 20.4 Å². The highest BCUT2D eigenvalue weighted by atomic mass is 16.5. The minimum atomic E-state index is -0.371. The summed E-state index contributed by atoms with van der Waals surface area (Å²) in [4.78, 5) is 30.7. The molecule has 1 aromatic heterocycles. The number of nitrogens with one attached hydrogen (secondary N) is 2. The van der Waals surface area contributed by atoms with Gasteiger partial charge in [-0.1, -0.05) is 41.6 Å². The number of nitrogens with zero attached hydrogens (tertiary/aromatic N) is 3. The van der Waals surface area contributed by atoms with Crippen LogP contribution in [0.25, 0.3) is 11.0 Å². The molecule has 0 saturated heterocycles. The van der Waals surface area contributed by atoms with Gasteiger partial charge in [0.05, 0.1) is 5.39 Å². The molecule has 8 nitrogen and oxygen atoms in total. The number of benzene rings is 2. The summed E-state index contributed by atoms with van der Waals surface area (Å²) in [6.45, 7) is 8.54. The highest BCUT2D eigenvalue weighted by Gasteiger charge is 2.22. The molecule has 0 aliphatic rings. The Morgan fingerprint density at radius 3 is 2.70 bits per heavy atom. The van der Waals surface area contributed by atoms with Crippen LogP contribution in [0.4, 0.5) is 10.5 Å². The van der Waals surface area contributed by atoms with E-state index in [2.05, 4.69) is 27.5 Å². The Bertz CT molecular complexity index is 1180. The summed E-state index contributed by atoms with van der Waals surface area (Å²) in [5, 5.41) is 10.1. The van der Waals surface area contributed by atoms with Gasteiger partial charge in [-0.3, -0.25) is 9.79 Å². The highest BCUT2D eigenvalue weighted by molar-refractivity contribution is 6.05. The largest absolute Gasteiger partial charge is 0.355 e. The van der Waals surface area contributed by atoms with Gasteiger partial charge in [0.15, 0.2) is 11.3 Å². The molecule has 0 aliphatic heterocycles. The van der Waals surface area contributed by atoms with E-state index in [0.29, 0.717) is 36.3 Å². The molecule has 0 aliphatic carbocycles. The normalized spacial score (nSPS) is 11.5. The van der Waals surface area contributed by atoms with E-state index in [9.17, 15) is 9.59 Å². The summed E-state index contributed by atoms with van der Waals surface area (Å²) in [6, 6.07) is 14.5. The fraction of sp³-hybridized carbons (Fsp3) is 0.200. The number of carbonyl (C=O) groups is 2. The summed E-state index contributed by atoms with van der Waals surface area (Å²) in [5.41, 5.74) is 3.12. The number of carbonyl (C=O) groups excluding carboxylic acids is 2. The molecular weight excluding hydrogens is 418 g/mol. The lowest BCUT2D eigenvalue weighted by molar-refractivity contribution is 0.0744. The molecule has 0 atom stereocenters. The Morgan fingerprint density at radius 1 is 1.21 bits per heavy atom. The first kappa shape index (κ1) is 23.5. The van der Waals surface area contributed by atoms with Crippen LogP contribution in [-0.4, -0.2) is 41.8 Å². The van der Waals surface area contributed by atoms with Crippen molar-refractivity contribution < 1.29 is 14.1 Å². The molecule has 33 heavy (non-hydrogen) atoms. The molecular formula is C25H27N5O3. The van der Waals surface area contributed by atoms with Crippen molar-refractivity contribution in [2.75, 3.05) is 18.4 Å². The number of amides is 3. The zero-order chi connectivity index (χ0) is 23.6. The quantitative estimate of drug-likeness (QED) is 0.366. The maximum Gasteiger partial charge on any atom is 0.319 e. The third-order valence-electron chi connectivity index (χ3n) is 5.04. The van der Waals surface area contributed by atoms with Crippen LogP contribution in [0.5, 0.6) is 0 Å². The topological polar surface area (TPSA) is 99.8 Å². The number of urea groups is 1. The Labute approximate surface area is 192 Å². The second-order valence-electron chi connectivity index (χ2n) is 7.22. The van der Waals surface area contributed by atoms with Crippen molar-refractivity contribution in [1.82, 2.24) is 15.4 Å². The highest BCUT2D eigenvalue weighted by Crippen LogP contribution is 2.24. The molecule has 0 saturated carbocycles. The molecule has 3 rings (SSSR count). The number of hydrogen-bond donors (Lipinski definition) is 2. The Kier molecular flexibility index (Phi) is 8.13. The SMILES string of the molecule is C=N/C=C\C(=C/C)CNC(=O)Nc1ccc2c(C(=O)N(CC)Cc3ccccc3)noc2c1. The maximum absolute atomic E-state index is 13.1. The first-order valence-electron chi connectivity index (χ1n) is 10.6. The molecule has 0 bridgehead atoms. The van der Waals surface area contributed by atoms with Gasteiger partial charge >= 0.3 is 6.03 Å². The van der Waals surface area contributed by atoms with Gasteiger partial charge in [-0.15, -0.1) is 0 Å². The molecule has 0 radical (unpaired) electrons. The molecule has 3 amide bonds. The lowest BCUT2D eigenvalue weighted by atomic mass is 10.1. The van der Waals surface area contributed by atoms with Crippen LogP contribution in [-0.2, 0) is 6.54 Å². The van der Waals surface area contributed by atoms with Gasteiger partial charge in [-0.25, -0.2) is 4.79 Å². The van der Waals surface area contributed by atoms with Crippen LogP contribution in [0.3, 0.4) is 0 Å². The summed E-state index contributed by atoms with van der Waals surface area (Å²) < 4.78 is 5.39. The molecule has 3 aromatic rings. The van der Waals surface area contributed by atoms with Crippen molar-refractivity contribution in [3.05, 3.63) is 83.7 Å². The van der Waals surface area contributed by atoms with Crippen LogP contribution < -0.4 is 10.6 Å². The Balaban J connectivity index is 1.68. The van der Waals surface area contributed by atoms with Gasteiger partial charge in [0.1, 0.15) is 0 Å². The van der Waals surface area contributed by atoms with Crippen LogP contribution in [0.15, 0.2) is 82.0 Å². The average Bonchev–Trinajstić information content (AvgIpc) is 3.26. The average molecular weight is 446 g/mol. The molecule has 0 spiro atoms. The number of anilines is 1. The number of aliphatic imine (C=N–C) groups is 1. The van der Waals surface area contributed by atoms with E-state index in [0.717, 1.165) is 11.1 Å². The first-order valence-corrected chi connectivity index (χ1v) is 10.6. The van der Waals surface area contributed by atoms with Gasteiger partial charge in [-0.05, 0) is 49.9 Å². The number of rotatable bonds is 9. The first-order chi connectivity index (χ1) is 16.0. The van der Waals surface area contributed by atoms with Gasteiger partial charge in [0, 0.05) is 37.6 Å². The van der Waals surface area contributed by atoms with E-state index in [1.165, 1.54) is 0 Å². The lowest BCUT2D eigenvalue weighted by Crippen LogP contribution is -2.30. The van der Waals surface area contributed by atoms with Crippen molar-refractivity contribution >= 4 is 35.3 Å². The van der Waals surface area contributed by atoms with E-state index in [1.807, 2.05) is 50.3 Å². The molecule has 2 N–H and O–H groups in total. The standard InChI is InChI=1S/C25H27N5O3/c1-4-18(13-14-26-3)16-27-25(32)28-20-11-12-21-22(15-20)33-29-23(21)24(31)30(5-2)17-19-9-7-6-8-10-19/h4,6-15H,3,5,16-17H2,1-2H3,(H2,27,28,32)/b14-13-,18-4+. The molecule has 170 valence electrons. The van der Waals surface area contributed by atoms with Crippen molar-refractivity contribution in [3.8, 4) is 0 Å². The minimum Gasteiger partial charge on any atom is -0.355 e. The second-order valence-corrected chi connectivity index (χ2v) is 7.22. The third kappa shape index (κ3) is 6.16. The molecule has 0 fully saturated rings. The summed E-state index contributed by atoms with van der Waals surface area (Å²) in [6.07, 6.45) is 5.20. The summed E-state index contributed by atoms with van der Waals surface area (Å²) >= 11 is 0. The summed E-state index contributed by atoms with van der Waals surface area (Å²) in [7, 11) is 0. The predicted molar refractivity (Wildman–Crippen MR) is 130 cm³/mol. The van der Waals surface area contributed by atoms with Crippen LogP contribution in [0.1, 0.15) is 29.9 Å². The molecule has 0 unspecified atom stereocenters. The van der Waals surface area contributed by atoms with E-state index in [1.54, 1.807) is 35.4 Å². The third-order valence-corrected chi connectivity index (χ3v) is 5.04. The Hall–Kier alpha value is -4.20.